The van der Waals surface area contributed by atoms with Crippen molar-refractivity contribution in [2.75, 3.05) is 6.54 Å². The van der Waals surface area contributed by atoms with Crippen molar-refractivity contribution < 1.29 is 4.79 Å². The van der Waals surface area contributed by atoms with E-state index >= 15 is 0 Å². The summed E-state index contributed by atoms with van der Waals surface area (Å²) in [5.41, 5.74) is 0.819. The molecule has 0 radical (unpaired) electrons. The van der Waals surface area contributed by atoms with E-state index in [1.807, 2.05) is 30.3 Å². The van der Waals surface area contributed by atoms with Crippen LogP contribution in [0, 0.1) is 0 Å². The molecule has 0 aromatic heterocycles. The maximum atomic E-state index is 12.4. The van der Waals surface area contributed by atoms with E-state index in [4.69, 9.17) is 0 Å². The monoisotopic (exact) mass is 231 g/mol. The standard InChI is InChI=1S/C15H21NO/c1-2-16(14-11-7-4-8-12-14)15(17)13-9-5-3-6-10-13/h3,5-6,9-10,14H,2,4,7-8,11-12H2,1H3. The molecular formula is C15H21NO. The zero-order valence-corrected chi connectivity index (χ0v) is 10.6. The molecule has 1 aliphatic carbocycles. The van der Waals surface area contributed by atoms with Crippen LogP contribution in [0.5, 0.6) is 0 Å². The average molecular weight is 231 g/mol. The molecule has 1 aromatic carbocycles. The van der Waals surface area contributed by atoms with Crippen molar-refractivity contribution in [1.29, 1.82) is 0 Å². The molecule has 1 fully saturated rings. The summed E-state index contributed by atoms with van der Waals surface area (Å²) in [7, 11) is 0. The fraction of sp³-hybridized carbons (Fsp3) is 0.533. The number of hydrogen-bond acceptors (Lipinski definition) is 1. The third-order valence-electron chi connectivity index (χ3n) is 3.64. The molecule has 0 N–H and O–H groups in total. The molecular weight excluding hydrogens is 210 g/mol. The Balaban J connectivity index is 2.09. The van der Waals surface area contributed by atoms with Crippen LogP contribution in [0.4, 0.5) is 0 Å². The van der Waals surface area contributed by atoms with Gasteiger partial charge in [0, 0.05) is 18.2 Å². The molecule has 1 aliphatic rings. The summed E-state index contributed by atoms with van der Waals surface area (Å²) in [6, 6.07) is 10.1. The molecule has 1 aromatic rings. The second-order valence-electron chi connectivity index (χ2n) is 4.75. The maximum Gasteiger partial charge on any atom is 0.254 e. The lowest BCUT2D eigenvalue weighted by atomic mass is 9.93. The van der Waals surface area contributed by atoms with Gasteiger partial charge in [0.25, 0.3) is 5.91 Å². The summed E-state index contributed by atoms with van der Waals surface area (Å²) >= 11 is 0. The molecule has 0 atom stereocenters. The fourth-order valence-electron chi connectivity index (χ4n) is 2.71. The molecule has 2 nitrogen and oxygen atoms in total. The number of benzene rings is 1. The first-order chi connectivity index (χ1) is 8.33. The average Bonchev–Trinajstić information content (AvgIpc) is 2.42. The molecule has 92 valence electrons. The molecule has 0 spiro atoms. The second-order valence-corrected chi connectivity index (χ2v) is 4.75. The summed E-state index contributed by atoms with van der Waals surface area (Å²) < 4.78 is 0. The predicted octanol–water partition coefficient (Wildman–Crippen LogP) is 3.48. The second kappa shape index (κ2) is 5.85. The Morgan fingerprint density at radius 3 is 2.41 bits per heavy atom. The molecule has 0 aliphatic heterocycles. The molecule has 0 unspecified atom stereocenters. The first-order valence-electron chi connectivity index (χ1n) is 6.69. The smallest absolute Gasteiger partial charge is 0.254 e. The van der Waals surface area contributed by atoms with Crippen LogP contribution >= 0.6 is 0 Å². The van der Waals surface area contributed by atoms with Gasteiger partial charge in [0.2, 0.25) is 0 Å². The summed E-state index contributed by atoms with van der Waals surface area (Å²) in [5.74, 6) is 0.194. The first-order valence-corrected chi connectivity index (χ1v) is 6.69. The van der Waals surface area contributed by atoms with Crippen LogP contribution in [0.1, 0.15) is 49.4 Å². The highest BCUT2D eigenvalue weighted by Gasteiger charge is 2.24. The molecule has 17 heavy (non-hydrogen) atoms. The number of rotatable bonds is 3. The van der Waals surface area contributed by atoms with Gasteiger partial charge in [-0.15, -0.1) is 0 Å². The zero-order valence-electron chi connectivity index (χ0n) is 10.6. The maximum absolute atomic E-state index is 12.4. The van der Waals surface area contributed by atoms with E-state index < -0.39 is 0 Å². The molecule has 1 amide bonds. The Morgan fingerprint density at radius 1 is 1.18 bits per heavy atom. The summed E-state index contributed by atoms with van der Waals surface area (Å²) in [4.78, 5) is 14.5. The summed E-state index contributed by atoms with van der Waals surface area (Å²) in [6.07, 6.45) is 6.21. The highest BCUT2D eigenvalue weighted by molar-refractivity contribution is 5.94. The summed E-state index contributed by atoms with van der Waals surface area (Å²) in [5, 5.41) is 0. The topological polar surface area (TPSA) is 20.3 Å². The van der Waals surface area contributed by atoms with Crippen LogP contribution in [0.25, 0.3) is 0 Å². The van der Waals surface area contributed by atoms with Crippen molar-refractivity contribution in [2.24, 2.45) is 0 Å². The van der Waals surface area contributed by atoms with E-state index in [2.05, 4.69) is 11.8 Å². The Kier molecular flexibility index (Phi) is 4.18. The van der Waals surface area contributed by atoms with E-state index in [1.54, 1.807) is 0 Å². The highest BCUT2D eigenvalue weighted by atomic mass is 16.2. The van der Waals surface area contributed by atoms with Gasteiger partial charge in [-0.25, -0.2) is 0 Å². The highest BCUT2D eigenvalue weighted by Crippen LogP contribution is 2.23. The van der Waals surface area contributed by atoms with E-state index in [1.165, 1.54) is 32.1 Å². The van der Waals surface area contributed by atoms with Crippen molar-refractivity contribution in [3.05, 3.63) is 35.9 Å². The van der Waals surface area contributed by atoms with Gasteiger partial charge in [0.15, 0.2) is 0 Å². The lowest BCUT2D eigenvalue weighted by Crippen LogP contribution is -2.41. The number of nitrogens with zero attached hydrogens (tertiary/aromatic N) is 1. The van der Waals surface area contributed by atoms with Crippen LogP contribution in [0.2, 0.25) is 0 Å². The van der Waals surface area contributed by atoms with E-state index in [-0.39, 0.29) is 5.91 Å². The normalized spacial score (nSPS) is 16.8. The van der Waals surface area contributed by atoms with Crippen LogP contribution in [0.15, 0.2) is 30.3 Å². The minimum Gasteiger partial charge on any atom is -0.336 e. The number of hydrogen-bond donors (Lipinski definition) is 0. The van der Waals surface area contributed by atoms with Gasteiger partial charge in [0.05, 0.1) is 0 Å². The Morgan fingerprint density at radius 2 is 1.82 bits per heavy atom. The third kappa shape index (κ3) is 2.87. The van der Waals surface area contributed by atoms with Crippen molar-refractivity contribution in [3.8, 4) is 0 Å². The van der Waals surface area contributed by atoms with E-state index in [9.17, 15) is 4.79 Å². The summed E-state index contributed by atoms with van der Waals surface area (Å²) in [6.45, 7) is 2.90. The van der Waals surface area contributed by atoms with Crippen molar-refractivity contribution in [1.82, 2.24) is 4.90 Å². The lowest BCUT2D eigenvalue weighted by Gasteiger charge is -2.33. The van der Waals surface area contributed by atoms with Crippen molar-refractivity contribution in [3.63, 3.8) is 0 Å². The van der Waals surface area contributed by atoms with Crippen LogP contribution in [0.3, 0.4) is 0 Å². The lowest BCUT2D eigenvalue weighted by molar-refractivity contribution is 0.0648. The zero-order chi connectivity index (χ0) is 12.1. The molecule has 1 saturated carbocycles. The van der Waals surface area contributed by atoms with Crippen LogP contribution in [-0.4, -0.2) is 23.4 Å². The Labute approximate surface area is 104 Å². The predicted molar refractivity (Wildman–Crippen MR) is 70.0 cm³/mol. The largest absolute Gasteiger partial charge is 0.336 e. The first kappa shape index (κ1) is 12.2. The Hall–Kier alpha value is -1.31. The number of carbonyl (C=O) groups excluding carboxylic acids is 1. The van der Waals surface area contributed by atoms with Gasteiger partial charge in [-0.2, -0.15) is 0 Å². The van der Waals surface area contributed by atoms with Crippen LogP contribution < -0.4 is 0 Å². The van der Waals surface area contributed by atoms with Gasteiger partial charge >= 0.3 is 0 Å². The van der Waals surface area contributed by atoms with Crippen LogP contribution in [-0.2, 0) is 0 Å². The molecule has 0 heterocycles. The minimum absolute atomic E-state index is 0.194. The molecule has 0 saturated heterocycles. The van der Waals surface area contributed by atoms with Gasteiger partial charge in [-0.1, -0.05) is 37.5 Å². The van der Waals surface area contributed by atoms with Gasteiger partial charge < -0.3 is 4.90 Å². The third-order valence-corrected chi connectivity index (χ3v) is 3.64. The Bertz CT molecular complexity index is 354. The van der Waals surface area contributed by atoms with Crippen molar-refractivity contribution >= 4 is 5.91 Å². The molecule has 2 rings (SSSR count). The molecule has 0 bridgehead atoms. The number of amides is 1. The fourth-order valence-corrected chi connectivity index (χ4v) is 2.71. The number of carbonyl (C=O) groups is 1. The van der Waals surface area contributed by atoms with Gasteiger partial charge in [0.1, 0.15) is 0 Å². The van der Waals surface area contributed by atoms with E-state index in [0.29, 0.717) is 6.04 Å². The van der Waals surface area contributed by atoms with Gasteiger partial charge in [-0.05, 0) is 31.9 Å². The van der Waals surface area contributed by atoms with Crippen molar-refractivity contribution in [2.45, 2.75) is 45.1 Å². The molecule has 2 heteroatoms. The SMILES string of the molecule is CCN(C(=O)c1ccccc1)C1CCCCC1. The minimum atomic E-state index is 0.194. The quantitative estimate of drug-likeness (QED) is 0.780. The van der Waals surface area contributed by atoms with Gasteiger partial charge in [-0.3, -0.25) is 4.79 Å². The van der Waals surface area contributed by atoms with E-state index in [0.717, 1.165) is 12.1 Å².